The van der Waals surface area contributed by atoms with Crippen molar-refractivity contribution in [1.29, 1.82) is 0 Å². The summed E-state index contributed by atoms with van der Waals surface area (Å²) in [5, 5.41) is 0. The molecule has 0 aliphatic rings. The number of hydrogen-bond acceptors (Lipinski definition) is 1. The molecule has 0 amide bonds. The Hall–Kier alpha value is -0.951. The topological polar surface area (TPSA) is 62.9 Å². The van der Waals surface area contributed by atoms with Crippen molar-refractivity contribution in [3.63, 3.8) is 0 Å². The quantitative estimate of drug-likeness (QED) is 0.450. The van der Waals surface area contributed by atoms with Crippen LogP contribution in [0.1, 0.15) is 5.56 Å². The Morgan fingerprint density at radius 2 is 1.25 bits per heavy atom. The molecule has 0 unspecified atom stereocenters. The van der Waals surface area contributed by atoms with Crippen molar-refractivity contribution in [2.24, 2.45) is 0 Å². The molecule has 0 atom stereocenters. The third-order valence-corrected chi connectivity index (χ3v) is 1.23. The van der Waals surface area contributed by atoms with E-state index in [0.29, 0.717) is 0 Å². The van der Waals surface area contributed by atoms with Gasteiger partial charge < -0.3 is 4.90 Å². The fourth-order valence-corrected chi connectivity index (χ4v) is 0.884. The molecule has 87 valence electrons. The molecule has 1 aromatic rings. The maximum absolute atomic E-state index is 7.50. The summed E-state index contributed by atoms with van der Waals surface area (Å²) in [7, 11) is 4.15. The fourth-order valence-electron chi connectivity index (χ4n) is 0.884. The van der Waals surface area contributed by atoms with E-state index in [1.54, 1.807) is 0 Å². The van der Waals surface area contributed by atoms with E-state index in [2.05, 4.69) is 63.2 Å². The Morgan fingerprint density at radius 3 is 1.50 bits per heavy atom. The third kappa shape index (κ3) is 18.8. The van der Waals surface area contributed by atoms with Crippen LogP contribution in [0.5, 0.6) is 0 Å². The molecule has 0 aliphatic heterocycles. The number of nitrogens with zero attached hydrogens (tertiary/aromatic N) is 1. The van der Waals surface area contributed by atoms with Crippen LogP contribution in [0.25, 0.3) is 0 Å². The second-order valence-electron chi connectivity index (χ2n) is 2.53. The van der Waals surface area contributed by atoms with E-state index in [4.69, 9.17) is 14.0 Å². The molecule has 4 nitrogen and oxygen atoms in total. The van der Waals surface area contributed by atoms with Crippen molar-refractivity contribution in [1.82, 2.24) is 4.90 Å². The number of hydrogen-bond donors (Lipinski definition) is 0. The standard InChI is InChI=1S/C8H12N.3CO.Mn/c1-9(2)7-8-5-3-4-6-8;3*1-2;/h3-6H,7H2,1-2H3;;;;/q-1;;;;. The van der Waals surface area contributed by atoms with Crippen LogP contribution in [-0.4, -0.2) is 19.0 Å². The van der Waals surface area contributed by atoms with E-state index in [9.17, 15) is 0 Å². The second kappa shape index (κ2) is 23.7. The van der Waals surface area contributed by atoms with Crippen molar-refractivity contribution in [3.05, 3.63) is 49.8 Å². The molecule has 5 heteroatoms. The van der Waals surface area contributed by atoms with Crippen LogP contribution in [0.15, 0.2) is 24.3 Å². The van der Waals surface area contributed by atoms with Gasteiger partial charge in [0.15, 0.2) is 0 Å². The molecule has 1 radical (unpaired) electrons. The summed E-state index contributed by atoms with van der Waals surface area (Å²) < 4.78 is 22.5. The Labute approximate surface area is 107 Å². The van der Waals surface area contributed by atoms with Gasteiger partial charge in [-0.25, -0.2) is 12.1 Å². The van der Waals surface area contributed by atoms with Gasteiger partial charge in [-0.05, 0) is 20.6 Å². The van der Waals surface area contributed by atoms with Crippen LogP contribution in [0.2, 0.25) is 0 Å². The first kappa shape index (κ1) is 24.3. The van der Waals surface area contributed by atoms with Gasteiger partial charge in [0.25, 0.3) is 0 Å². The summed E-state index contributed by atoms with van der Waals surface area (Å²) in [6, 6.07) is 8.41. The molecule has 0 saturated heterocycles. The van der Waals surface area contributed by atoms with E-state index in [1.807, 2.05) is 0 Å². The van der Waals surface area contributed by atoms with Crippen molar-refractivity contribution >= 4 is 0 Å². The zero-order valence-corrected chi connectivity index (χ0v) is 10.2. The van der Waals surface area contributed by atoms with E-state index < -0.39 is 0 Å². The zero-order valence-electron chi connectivity index (χ0n) is 9.07. The minimum Gasteiger partial charge on any atom is 0 e. The summed E-state index contributed by atoms with van der Waals surface area (Å²) in [5.74, 6) is 0. The number of rotatable bonds is 2. The predicted molar refractivity (Wildman–Crippen MR) is 51.2 cm³/mol. The van der Waals surface area contributed by atoms with E-state index in [-0.39, 0.29) is 17.1 Å². The van der Waals surface area contributed by atoms with Gasteiger partial charge in [0.2, 0.25) is 0 Å². The second-order valence-corrected chi connectivity index (χ2v) is 2.53. The molecular weight excluding hydrogens is 249 g/mol. The van der Waals surface area contributed by atoms with E-state index in [0.717, 1.165) is 6.54 Å². The molecule has 16 heavy (non-hydrogen) atoms. The fraction of sp³-hybridized carbons (Fsp3) is 0.273. The molecule has 0 N–H and O–H groups in total. The van der Waals surface area contributed by atoms with Crippen molar-refractivity contribution in [3.8, 4) is 0 Å². The molecule has 1 aromatic carbocycles. The average molecular weight is 261 g/mol. The van der Waals surface area contributed by atoms with Crippen molar-refractivity contribution in [2.45, 2.75) is 6.54 Å². The average Bonchev–Trinajstić information content (AvgIpc) is 2.78. The summed E-state index contributed by atoms with van der Waals surface area (Å²) in [4.78, 5) is 2.16. The van der Waals surface area contributed by atoms with Gasteiger partial charge in [0, 0.05) is 17.1 Å². The molecule has 0 saturated carbocycles. The summed E-state index contributed by atoms with van der Waals surface area (Å²) in [6.07, 6.45) is 0. The van der Waals surface area contributed by atoms with Gasteiger partial charge in [-0.1, -0.05) is 0 Å². The van der Waals surface area contributed by atoms with E-state index in [1.165, 1.54) is 5.56 Å². The SMILES string of the molecule is CN(C)C[c-]1cccc1.[C-]#[O+].[C-]#[O+].[C-]#[O+].[Mn]. The molecule has 0 aliphatic carbocycles. The van der Waals surface area contributed by atoms with Crippen molar-refractivity contribution in [2.75, 3.05) is 14.1 Å². The summed E-state index contributed by atoms with van der Waals surface area (Å²) in [6.45, 7) is 14.5. The Balaban J connectivity index is -0.0000000900. The Morgan fingerprint density at radius 1 is 0.938 bits per heavy atom. The first-order valence-electron chi connectivity index (χ1n) is 3.75. The zero-order chi connectivity index (χ0) is 12.7. The Bertz CT molecular complexity index is 248. The van der Waals surface area contributed by atoms with Gasteiger partial charge in [0.05, 0.1) is 0 Å². The van der Waals surface area contributed by atoms with Crippen LogP contribution in [-0.2, 0) is 37.6 Å². The van der Waals surface area contributed by atoms with Crippen LogP contribution in [0.4, 0.5) is 0 Å². The third-order valence-electron chi connectivity index (χ3n) is 1.23. The molecule has 0 fully saturated rings. The predicted octanol–water partition coefficient (Wildman–Crippen LogP) is 1.35. The normalized spacial score (nSPS) is 6.31. The first-order chi connectivity index (χ1) is 7.29. The smallest absolute Gasteiger partial charge is 0 e. The minimum atomic E-state index is 0. The summed E-state index contributed by atoms with van der Waals surface area (Å²) >= 11 is 0. The molecule has 0 bridgehead atoms. The minimum absolute atomic E-state index is 0. The first-order valence-corrected chi connectivity index (χ1v) is 3.75. The molecule has 0 spiro atoms. The van der Waals surface area contributed by atoms with Gasteiger partial charge in [-0.15, -0.1) is 5.56 Å². The molecule has 1 rings (SSSR count). The van der Waals surface area contributed by atoms with Gasteiger partial charge >= 0.3 is 33.9 Å². The Kier molecular flexibility index (Phi) is 36.0. The van der Waals surface area contributed by atoms with Crippen LogP contribution in [0.3, 0.4) is 0 Å². The molecular formula is C11H12MnNO3-. The largest absolute Gasteiger partial charge is 0 e. The van der Waals surface area contributed by atoms with Crippen LogP contribution in [0, 0.1) is 20.0 Å². The monoisotopic (exact) mass is 261 g/mol. The van der Waals surface area contributed by atoms with Gasteiger partial charge in [-0.3, -0.25) is 0 Å². The summed E-state index contributed by atoms with van der Waals surface area (Å²) in [5.41, 5.74) is 1.39. The van der Waals surface area contributed by atoms with Crippen LogP contribution >= 0.6 is 0 Å². The van der Waals surface area contributed by atoms with E-state index >= 15 is 0 Å². The molecule has 0 heterocycles. The van der Waals surface area contributed by atoms with Crippen molar-refractivity contribution < 1.29 is 31.0 Å². The van der Waals surface area contributed by atoms with Gasteiger partial charge in [0.1, 0.15) is 0 Å². The molecule has 0 aromatic heterocycles. The van der Waals surface area contributed by atoms with Crippen LogP contribution < -0.4 is 0 Å². The maximum Gasteiger partial charge on any atom is 0 e. The maximum atomic E-state index is 7.50. The van der Waals surface area contributed by atoms with Gasteiger partial charge in [-0.2, -0.15) is 12.1 Å².